The van der Waals surface area contributed by atoms with Gasteiger partial charge in [0.1, 0.15) is 34.7 Å². The van der Waals surface area contributed by atoms with Crippen molar-refractivity contribution >= 4 is 21.9 Å². The number of furan rings is 1. The molecule has 0 aliphatic heterocycles. The van der Waals surface area contributed by atoms with Gasteiger partial charge in [0, 0.05) is 23.2 Å². The maximum Gasteiger partial charge on any atom is 0.141 e. The molecule has 5 nitrogen and oxygen atoms in total. The van der Waals surface area contributed by atoms with E-state index in [4.69, 9.17) is 4.42 Å². The Hall–Kier alpha value is -6.04. The molecule has 3 aromatic heterocycles. The van der Waals surface area contributed by atoms with Crippen molar-refractivity contribution in [2.45, 2.75) is 0 Å². The van der Waals surface area contributed by atoms with Crippen molar-refractivity contribution in [3.05, 3.63) is 133 Å². The molecule has 0 bridgehead atoms. The largest absolute Gasteiger partial charge is 0.456 e. The third-order valence-corrected chi connectivity index (χ3v) is 7.28. The van der Waals surface area contributed by atoms with Gasteiger partial charge < -0.3 is 4.42 Å². The summed E-state index contributed by atoms with van der Waals surface area (Å²) in [7, 11) is 0. The molecular formula is C36H20N4O. The molecule has 7 aromatic rings. The van der Waals surface area contributed by atoms with Crippen LogP contribution in [-0.4, -0.2) is 9.97 Å². The van der Waals surface area contributed by atoms with Crippen LogP contribution in [0.25, 0.3) is 66.4 Å². The first-order chi connectivity index (χ1) is 20.2. The Kier molecular flexibility index (Phi) is 5.82. The Morgan fingerprint density at radius 1 is 0.439 bits per heavy atom. The topological polar surface area (TPSA) is 86.5 Å². The summed E-state index contributed by atoms with van der Waals surface area (Å²) in [6, 6.07) is 40.8. The predicted octanol–water partition coefficient (Wildman–Crippen LogP) is 8.79. The highest BCUT2D eigenvalue weighted by Gasteiger charge is 2.12. The maximum absolute atomic E-state index is 9.25. The first-order valence-electron chi connectivity index (χ1n) is 13.1. The molecule has 190 valence electrons. The van der Waals surface area contributed by atoms with E-state index in [0.717, 1.165) is 66.4 Å². The highest BCUT2D eigenvalue weighted by atomic mass is 16.3. The molecule has 4 aromatic carbocycles. The monoisotopic (exact) mass is 524 g/mol. The van der Waals surface area contributed by atoms with Crippen molar-refractivity contribution in [2.24, 2.45) is 0 Å². The maximum atomic E-state index is 9.25. The molecule has 0 saturated heterocycles. The molecule has 0 aliphatic carbocycles. The summed E-state index contributed by atoms with van der Waals surface area (Å²) in [6.45, 7) is 0. The molecule has 0 fully saturated rings. The van der Waals surface area contributed by atoms with E-state index in [1.165, 1.54) is 0 Å². The number of hydrogen-bond donors (Lipinski definition) is 0. The summed E-state index contributed by atoms with van der Waals surface area (Å²) in [5, 5.41) is 20.6. The first kappa shape index (κ1) is 24.0. The van der Waals surface area contributed by atoms with Gasteiger partial charge in [-0.15, -0.1) is 0 Å². The zero-order valence-electron chi connectivity index (χ0n) is 21.7. The number of benzene rings is 4. The molecule has 0 N–H and O–H groups in total. The molecule has 0 amide bonds. The molecule has 5 heteroatoms. The fourth-order valence-corrected chi connectivity index (χ4v) is 5.24. The van der Waals surface area contributed by atoms with Crippen LogP contribution >= 0.6 is 0 Å². The quantitative estimate of drug-likeness (QED) is 0.230. The minimum atomic E-state index is 0.397. The lowest BCUT2D eigenvalue weighted by Crippen LogP contribution is -1.85. The van der Waals surface area contributed by atoms with E-state index >= 15 is 0 Å². The first-order valence-corrected chi connectivity index (χ1v) is 13.1. The highest BCUT2D eigenvalue weighted by molar-refractivity contribution is 6.07. The van der Waals surface area contributed by atoms with Crippen molar-refractivity contribution < 1.29 is 4.42 Å². The van der Waals surface area contributed by atoms with Gasteiger partial charge >= 0.3 is 0 Å². The molecule has 0 aliphatic rings. The number of nitrogens with zero attached hydrogens (tertiary/aromatic N) is 4. The van der Waals surface area contributed by atoms with Gasteiger partial charge in [0.05, 0.1) is 0 Å². The van der Waals surface area contributed by atoms with Gasteiger partial charge in [0.25, 0.3) is 0 Å². The fourth-order valence-electron chi connectivity index (χ4n) is 5.24. The van der Waals surface area contributed by atoms with Crippen LogP contribution in [-0.2, 0) is 0 Å². The van der Waals surface area contributed by atoms with E-state index in [1.54, 1.807) is 24.5 Å². The summed E-state index contributed by atoms with van der Waals surface area (Å²) in [5.41, 5.74) is 10.7. The third kappa shape index (κ3) is 4.48. The van der Waals surface area contributed by atoms with Crippen LogP contribution in [0.2, 0.25) is 0 Å². The second-order valence-electron chi connectivity index (χ2n) is 9.77. The number of pyridine rings is 2. The second-order valence-corrected chi connectivity index (χ2v) is 9.77. The lowest BCUT2D eigenvalue weighted by atomic mass is 9.96. The summed E-state index contributed by atoms with van der Waals surface area (Å²) in [4.78, 5) is 8.18. The van der Waals surface area contributed by atoms with Gasteiger partial charge in [-0.05, 0) is 105 Å². The van der Waals surface area contributed by atoms with Gasteiger partial charge in [-0.2, -0.15) is 10.5 Å². The smallest absolute Gasteiger partial charge is 0.141 e. The van der Waals surface area contributed by atoms with Crippen molar-refractivity contribution in [2.75, 3.05) is 0 Å². The van der Waals surface area contributed by atoms with Crippen molar-refractivity contribution in [3.8, 4) is 56.6 Å². The Morgan fingerprint density at radius 2 is 0.829 bits per heavy atom. The minimum absolute atomic E-state index is 0.397. The average Bonchev–Trinajstić information content (AvgIpc) is 3.42. The summed E-state index contributed by atoms with van der Waals surface area (Å²) >= 11 is 0. The lowest BCUT2D eigenvalue weighted by Gasteiger charge is -2.07. The molecule has 0 atom stereocenters. The normalized spacial score (nSPS) is 10.9. The number of aromatic nitrogens is 2. The van der Waals surface area contributed by atoms with E-state index < -0.39 is 0 Å². The van der Waals surface area contributed by atoms with Crippen molar-refractivity contribution in [3.63, 3.8) is 0 Å². The SMILES string of the molecule is N#Cc1cc(-c2cccc(-c3ccc4oc5ccc(-c6cccc(-c7ccnc(C#N)c7)c6)cc5c4c3)c2)ccn1. The molecule has 0 radical (unpaired) electrons. The molecule has 7 rings (SSSR count). The van der Waals surface area contributed by atoms with Crippen LogP contribution < -0.4 is 0 Å². The highest BCUT2D eigenvalue weighted by Crippen LogP contribution is 2.36. The standard InChI is InChI=1S/C36H20N4O/c37-21-31-17-29(11-13-39-31)25-5-1-3-23(15-25)27-7-9-35-33(19-27)34-20-28(8-10-36(34)41-35)24-4-2-6-26(16-24)30-12-14-40-32(18-30)22-38/h1-20H. The van der Waals surface area contributed by atoms with Gasteiger partial charge in [-0.1, -0.05) is 48.5 Å². The number of hydrogen-bond acceptors (Lipinski definition) is 5. The zero-order valence-corrected chi connectivity index (χ0v) is 21.7. The van der Waals surface area contributed by atoms with E-state index in [2.05, 4.69) is 70.6 Å². The van der Waals surface area contributed by atoms with E-state index in [9.17, 15) is 10.5 Å². The molecular weight excluding hydrogens is 504 g/mol. The van der Waals surface area contributed by atoms with E-state index in [1.807, 2.05) is 48.5 Å². The summed E-state index contributed by atoms with van der Waals surface area (Å²) in [6.07, 6.45) is 3.33. The van der Waals surface area contributed by atoms with E-state index in [0.29, 0.717) is 11.4 Å². The molecule has 0 unspecified atom stereocenters. The van der Waals surface area contributed by atoms with Crippen LogP contribution in [0, 0.1) is 22.7 Å². The third-order valence-electron chi connectivity index (χ3n) is 7.28. The molecule has 3 heterocycles. The van der Waals surface area contributed by atoms with Crippen LogP contribution in [0.15, 0.2) is 126 Å². The van der Waals surface area contributed by atoms with Crippen molar-refractivity contribution in [1.82, 2.24) is 9.97 Å². The number of fused-ring (bicyclic) bond motifs is 3. The molecule has 0 saturated carbocycles. The Bertz CT molecular complexity index is 2040. The van der Waals surface area contributed by atoms with Crippen LogP contribution in [0.5, 0.6) is 0 Å². The number of nitriles is 2. The minimum Gasteiger partial charge on any atom is -0.456 e. The Labute approximate surface area is 236 Å². The number of rotatable bonds is 4. The lowest BCUT2D eigenvalue weighted by molar-refractivity contribution is 0.669. The van der Waals surface area contributed by atoms with Gasteiger partial charge in [-0.3, -0.25) is 0 Å². The second kappa shape index (κ2) is 9.93. The predicted molar refractivity (Wildman–Crippen MR) is 160 cm³/mol. The molecule has 41 heavy (non-hydrogen) atoms. The van der Waals surface area contributed by atoms with Gasteiger partial charge in [0.15, 0.2) is 0 Å². The van der Waals surface area contributed by atoms with Crippen LogP contribution in [0.4, 0.5) is 0 Å². The van der Waals surface area contributed by atoms with Gasteiger partial charge in [0.2, 0.25) is 0 Å². The van der Waals surface area contributed by atoms with Crippen LogP contribution in [0.3, 0.4) is 0 Å². The summed E-state index contributed by atoms with van der Waals surface area (Å²) < 4.78 is 6.20. The Morgan fingerprint density at radius 3 is 1.24 bits per heavy atom. The Balaban J connectivity index is 1.29. The molecule has 0 spiro atoms. The average molecular weight is 525 g/mol. The fraction of sp³-hybridized carbons (Fsp3) is 0. The van der Waals surface area contributed by atoms with E-state index in [-0.39, 0.29) is 0 Å². The van der Waals surface area contributed by atoms with Crippen LogP contribution in [0.1, 0.15) is 11.4 Å². The zero-order chi connectivity index (χ0) is 27.8. The summed E-state index contributed by atoms with van der Waals surface area (Å²) in [5.74, 6) is 0. The van der Waals surface area contributed by atoms with Crippen molar-refractivity contribution in [1.29, 1.82) is 10.5 Å². The van der Waals surface area contributed by atoms with Gasteiger partial charge in [-0.25, -0.2) is 9.97 Å².